The van der Waals surface area contributed by atoms with Crippen LogP contribution in [0.4, 0.5) is 8.78 Å². The molecule has 0 fully saturated rings. The topological polar surface area (TPSA) is 30.5 Å². The Morgan fingerprint density at radius 3 is 2.80 bits per heavy atom. The van der Waals surface area contributed by atoms with Crippen molar-refractivity contribution < 1.29 is 18.4 Å². The van der Waals surface area contributed by atoms with Crippen molar-refractivity contribution in [3.05, 3.63) is 35.4 Å². The fourth-order valence-electron chi connectivity index (χ4n) is 1.00. The second kappa shape index (κ2) is 6.44. The van der Waals surface area contributed by atoms with Crippen LogP contribution in [-0.4, -0.2) is 20.3 Å². The Morgan fingerprint density at radius 2 is 2.07 bits per heavy atom. The van der Waals surface area contributed by atoms with Gasteiger partial charge < -0.3 is 4.74 Å². The number of ether oxygens (including phenoxy) is 1. The molecule has 0 aliphatic carbocycles. The van der Waals surface area contributed by atoms with E-state index in [1.807, 2.05) is 0 Å². The molecule has 1 N–H and O–H groups in total. The van der Waals surface area contributed by atoms with Crippen molar-refractivity contribution in [2.75, 3.05) is 20.3 Å². The first-order chi connectivity index (χ1) is 7.24. The van der Waals surface area contributed by atoms with E-state index < -0.39 is 11.6 Å². The number of methoxy groups -OCH3 is 1. The van der Waals surface area contributed by atoms with Gasteiger partial charge in [0.15, 0.2) is 0 Å². The largest absolute Gasteiger partial charge is 0.382 e. The highest BCUT2D eigenvalue weighted by atomic mass is 19.1. The Morgan fingerprint density at radius 1 is 1.27 bits per heavy atom. The molecule has 0 saturated carbocycles. The van der Waals surface area contributed by atoms with Crippen LogP contribution in [-0.2, 0) is 16.1 Å². The molecule has 0 spiro atoms. The van der Waals surface area contributed by atoms with Gasteiger partial charge >= 0.3 is 0 Å². The molecule has 0 bridgehead atoms. The third kappa shape index (κ3) is 4.33. The van der Waals surface area contributed by atoms with Crippen LogP contribution in [0.5, 0.6) is 0 Å². The standard InChI is InChI=1S/C10H13F2NO2/c1-14-4-5-15-13-7-8-6-9(11)2-3-10(8)12/h2-3,6,13H,4-5,7H2,1H3. The summed E-state index contributed by atoms with van der Waals surface area (Å²) in [6.07, 6.45) is 0. The predicted octanol–water partition coefficient (Wildman–Crippen LogP) is 1.63. The van der Waals surface area contributed by atoms with Gasteiger partial charge in [-0.1, -0.05) is 0 Å². The summed E-state index contributed by atoms with van der Waals surface area (Å²) < 4.78 is 30.5. The van der Waals surface area contributed by atoms with Gasteiger partial charge in [0.25, 0.3) is 0 Å². The van der Waals surface area contributed by atoms with Gasteiger partial charge in [0.1, 0.15) is 11.6 Å². The summed E-state index contributed by atoms with van der Waals surface area (Å²) >= 11 is 0. The zero-order valence-electron chi connectivity index (χ0n) is 8.43. The summed E-state index contributed by atoms with van der Waals surface area (Å²) in [6.45, 7) is 0.916. The van der Waals surface area contributed by atoms with Gasteiger partial charge in [-0.2, -0.15) is 5.48 Å². The third-order valence-electron chi connectivity index (χ3n) is 1.76. The maximum Gasteiger partial charge on any atom is 0.127 e. The molecular weight excluding hydrogens is 204 g/mol. The molecule has 1 rings (SSSR count). The van der Waals surface area contributed by atoms with Gasteiger partial charge in [-0.05, 0) is 18.2 Å². The average molecular weight is 217 g/mol. The molecule has 0 heterocycles. The first-order valence-electron chi connectivity index (χ1n) is 4.51. The third-order valence-corrected chi connectivity index (χ3v) is 1.76. The van der Waals surface area contributed by atoms with Crippen LogP contribution < -0.4 is 5.48 Å². The summed E-state index contributed by atoms with van der Waals surface area (Å²) in [5, 5.41) is 0. The number of hydrogen-bond donors (Lipinski definition) is 1. The van der Waals surface area contributed by atoms with Crippen LogP contribution in [0.1, 0.15) is 5.56 Å². The molecular formula is C10H13F2NO2. The van der Waals surface area contributed by atoms with E-state index in [1.165, 1.54) is 0 Å². The van der Waals surface area contributed by atoms with E-state index in [4.69, 9.17) is 9.57 Å². The van der Waals surface area contributed by atoms with Crippen LogP contribution in [0.2, 0.25) is 0 Å². The van der Waals surface area contributed by atoms with Gasteiger partial charge in [0.2, 0.25) is 0 Å². The molecule has 1 aromatic rings. The zero-order valence-corrected chi connectivity index (χ0v) is 8.43. The Bertz CT molecular complexity index is 307. The molecule has 0 amide bonds. The molecule has 84 valence electrons. The summed E-state index contributed by atoms with van der Waals surface area (Å²) in [7, 11) is 1.55. The minimum Gasteiger partial charge on any atom is -0.382 e. The maximum absolute atomic E-state index is 13.1. The van der Waals surface area contributed by atoms with Crippen LogP contribution in [0.25, 0.3) is 0 Å². The fraction of sp³-hybridized carbons (Fsp3) is 0.400. The Kier molecular flexibility index (Phi) is 5.17. The molecule has 0 aromatic heterocycles. The monoisotopic (exact) mass is 217 g/mol. The second-order valence-corrected chi connectivity index (χ2v) is 2.90. The highest BCUT2D eigenvalue weighted by molar-refractivity contribution is 5.18. The lowest BCUT2D eigenvalue weighted by atomic mass is 10.2. The van der Waals surface area contributed by atoms with E-state index in [-0.39, 0.29) is 12.1 Å². The van der Waals surface area contributed by atoms with Gasteiger partial charge in [-0.25, -0.2) is 8.78 Å². The number of rotatable bonds is 6. The maximum atomic E-state index is 13.1. The summed E-state index contributed by atoms with van der Waals surface area (Å²) in [5.41, 5.74) is 2.75. The first kappa shape index (κ1) is 12.0. The molecule has 0 atom stereocenters. The Balaban J connectivity index is 2.33. The molecule has 0 aliphatic rings. The number of nitrogens with one attached hydrogen (secondary N) is 1. The highest BCUT2D eigenvalue weighted by Crippen LogP contribution is 2.08. The molecule has 1 aromatic carbocycles. The number of hydroxylamine groups is 1. The van der Waals surface area contributed by atoms with E-state index in [0.29, 0.717) is 13.2 Å². The summed E-state index contributed by atoms with van der Waals surface area (Å²) in [5.74, 6) is -0.927. The number of benzene rings is 1. The second-order valence-electron chi connectivity index (χ2n) is 2.90. The van der Waals surface area contributed by atoms with Gasteiger partial charge in [-0.15, -0.1) is 0 Å². The average Bonchev–Trinajstić information content (AvgIpc) is 2.23. The van der Waals surface area contributed by atoms with Crippen molar-refractivity contribution in [2.24, 2.45) is 0 Å². The van der Waals surface area contributed by atoms with E-state index in [0.717, 1.165) is 18.2 Å². The van der Waals surface area contributed by atoms with E-state index in [1.54, 1.807) is 7.11 Å². The van der Waals surface area contributed by atoms with E-state index in [9.17, 15) is 8.78 Å². The van der Waals surface area contributed by atoms with Crippen molar-refractivity contribution in [3.63, 3.8) is 0 Å². The van der Waals surface area contributed by atoms with Gasteiger partial charge in [0.05, 0.1) is 13.2 Å². The minimum atomic E-state index is -0.468. The first-order valence-corrected chi connectivity index (χ1v) is 4.51. The van der Waals surface area contributed by atoms with Crippen LogP contribution in [0, 0.1) is 11.6 Å². The molecule has 5 heteroatoms. The lowest BCUT2D eigenvalue weighted by Crippen LogP contribution is -2.17. The molecule has 0 radical (unpaired) electrons. The van der Waals surface area contributed by atoms with Gasteiger partial charge in [-0.3, -0.25) is 4.84 Å². The highest BCUT2D eigenvalue weighted by Gasteiger charge is 2.02. The van der Waals surface area contributed by atoms with Crippen molar-refractivity contribution in [1.82, 2.24) is 5.48 Å². The molecule has 0 unspecified atom stereocenters. The molecule has 0 aliphatic heterocycles. The van der Waals surface area contributed by atoms with Crippen molar-refractivity contribution >= 4 is 0 Å². The minimum absolute atomic E-state index is 0.118. The van der Waals surface area contributed by atoms with Crippen molar-refractivity contribution in [2.45, 2.75) is 6.54 Å². The SMILES string of the molecule is COCCONCc1cc(F)ccc1F. The van der Waals surface area contributed by atoms with Crippen LogP contribution >= 0.6 is 0 Å². The van der Waals surface area contributed by atoms with Crippen molar-refractivity contribution in [1.29, 1.82) is 0 Å². The number of halogens is 2. The van der Waals surface area contributed by atoms with E-state index in [2.05, 4.69) is 5.48 Å². The Hall–Kier alpha value is -1.04. The molecule has 15 heavy (non-hydrogen) atoms. The van der Waals surface area contributed by atoms with Crippen LogP contribution in [0.3, 0.4) is 0 Å². The summed E-state index contributed by atoms with van der Waals surface area (Å²) in [4.78, 5) is 4.91. The number of hydrogen-bond acceptors (Lipinski definition) is 3. The van der Waals surface area contributed by atoms with Crippen LogP contribution in [0.15, 0.2) is 18.2 Å². The lowest BCUT2D eigenvalue weighted by molar-refractivity contribution is 0.00305. The summed E-state index contributed by atoms with van der Waals surface area (Å²) in [6, 6.07) is 3.29. The zero-order chi connectivity index (χ0) is 11.1. The fourth-order valence-corrected chi connectivity index (χ4v) is 1.00. The molecule has 3 nitrogen and oxygen atoms in total. The normalized spacial score (nSPS) is 10.6. The van der Waals surface area contributed by atoms with Gasteiger partial charge in [0, 0.05) is 19.2 Å². The Labute approximate surface area is 87.0 Å². The quantitative estimate of drug-likeness (QED) is 0.580. The van der Waals surface area contributed by atoms with E-state index >= 15 is 0 Å². The van der Waals surface area contributed by atoms with Crippen molar-refractivity contribution in [3.8, 4) is 0 Å². The molecule has 0 saturated heterocycles. The smallest absolute Gasteiger partial charge is 0.127 e. The lowest BCUT2D eigenvalue weighted by Gasteiger charge is -2.06. The predicted molar refractivity (Wildman–Crippen MR) is 51.0 cm³/mol.